The monoisotopic (exact) mass is 249 g/mol. The molecule has 1 heterocycles. The van der Waals surface area contributed by atoms with Gasteiger partial charge in [-0.05, 0) is 27.0 Å². The Morgan fingerprint density at radius 3 is 2.72 bits per heavy atom. The minimum absolute atomic E-state index is 0.0502. The Balaban J connectivity index is 2.08. The van der Waals surface area contributed by atoms with E-state index in [1.54, 1.807) is 19.1 Å². The molecule has 1 aromatic carbocycles. The lowest BCUT2D eigenvalue weighted by Gasteiger charge is -2.21. The zero-order valence-electron chi connectivity index (χ0n) is 10.7. The standard InChI is InChI=1S/C13H16FN3O/c1-9(13-15-10(2)16-18-13)17(3)8-11-6-4-5-7-12(11)14/h4-7,9H,8H2,1-3H3. The summed E-state index contributed by atoms with van der Waals surface area (Å²) < 4.78 is 18.7. The van der Waals surface area contributed by atoms with E-state index in [9.17, 15) is 4.39 Å². The lowest BCUT2D eigenvalue weighted by atomic mass is 10.2. The number of rotatable bonds is 4. The molecule has 0 saturated heterocycles. The van der Waals surface area contributed by atoms with Crippen molar-refractivity contribution in [3.63, 3.8) is 0 Å². The van der Waals surface area contributed by atoms with Crippen LogP contribution in [-0.4, -0.2) is 22.1 Å². The maximum absolute atomic E-state index is 13.5. The van der Waals surface area contributed by atoms with Gasteiger partial charge in [0, 0.05) is 12.1 Å². The predicted octanol–water partition coefficient (Wildman–Crippen LogP) is 2.71. The van der Waals surface area contributed by atoms with Crippen molar-refractivity contribution in [2.45, 2.75) is 26.4 Å². The van der Waals surface area contributed by atoms with E-state index in [1.165, 1.54) is 6.07 Å². The molecule has 2 aromatic rings. The number of aryl methyl sites for hydroxylation is 1. The second-order valence-electron chi connectivity index (χ2n) is 4.36. The van der Waals surface area contributed by atoms with E-state index in [2.05, 4.69) is 10.1 Å². The second-order valence-corrected chi connectivity index (χ2v) is 4.36. The summed E-state index contributed by atoms with van der Waals surface area (Å²) in [6, 6.07) is 6.70. The highest BCUT2D eigenvalue weighted by molar-refractivity contribution is 5.17. The number of benzene rings is 1. The first-order valence-corrected chi connectivity index (χ1v) is 5.82. The third kappa shape index (κ3) is 2.73. The van der Waals surface area contributed by atoms with E-state index in [4.69, 9.17) is 4.52 Å². The van der Waals surface area contributed by atoms with Crippen LogP contribution in [0.4, 0.5) is 4.39 Å². The molecule has 0 N–H and O–H groups in total. The molecule has 4 nitrogen and oxygen atoms in total. The smallest absolute Gasteiger partial charge is 0.243 e. The molecule has 2 rings (SSSR count). The molecule has 0 spiro atoms. The molecule has 5 heteroatoms. The SMILES string of the molecule is Cc1noc(C(C)N(C)Cc2ccccc2F)n1. The second kappa shape index (κ2) is 5.27. The van der Waals surface area contributed by atoms with Gasteiger partial charge in [0.15, 0.2) is 5.82 Å². The molecule has 0 fully saturated rings. The molecular weight excluding hydrogens is 233 g/mol. The van der Waals surface area contributed by atoms with Crippen LogP contribution in [0.5, 0.6) is 0 Å². The fourth-order valence-electron chi connectivity index (χ4n) is 1.70. The van der Waals surface area contributed by atoms with Crippen LogP contribution in [0.3, 0.4) is 0 Å². The molecule has 0 saturated carbocycles. The largest absolute Gasteiger partial charge is 0.338 e. The van der Waals surface area contributed by atoms with Crippen LogP contribution in [-0.2, 0) is 6.54 Å². The zero-order valence-corrected chi connectivity index (χ0v) is 10.7. The van der Waals surface area contributed by atoms with Crippen LogP contribution >= 0.6 is 0 Å². The molecule has 96 valence electrons. The molecular formula is C13H16FN3O. The molecule has 0 bridgehead atoms. The number of hydrogen-bond donors (Lipinski definition) is 0. The minimum atomic E-state index is -0.196. The summed E-state index contributed by atoms with van der Waals surface area (Å²) in [5, 5.41) is 3.76. The van der Waals surface area contributed by atoms with E-state index >= 15 is 0 Å². The number of nitrogens with zero attached hydrogens (tertiary/aromatic N) is 3. The van der Waals surface area contributed by atoms with E-state index < -0.39 is 0 Å². The highest BCUT2D eigenvalue weighted by Gasteiger charge is 2.18. The van der Waals surface area contributed by atoms with Crippen molar-refractivity contribution >= 4 is 0 Å². The van der Waals surface area contributed by atoms with E-state index in [1.807, 2.05) is 24.9 Å². The van der Waals surface area contributed by atoms with Crippen LogP contribution in [0.2, 0.25) is 0 Å². The molecule has 0 aliphatic carbocycles. The molecule has 0 amide bonds. The van der Waals surface area contributed by atoms with Crippen LogP contribution in [0, 0.1) is 12.7 Å². The maximum Gasteiger partial charge on any atom is 0.243 e. The quantitative estimate of drug-likeness (QED) is 0.835. The number of halogens is 1. The third-order valence-corrected chi connectivity index (χ3v) is 2.94. The van der Waals surface area contributed by atoms with Crippen LogP contribution in [0.1, 0.15) is 30.2 Å². The third-order valence-electron chi connectivity index (χ3n) is 2.94. The van der Waals surface area contributed by atoms with Crippen LogP contribution in [0.15, 0.2) is 28.8 Å². The Morgan fingerprint density at radius 1 is 1.39 bits per heavy atom. The minimum Gasteiger partial charge on any atom is -0.338 e. The molecule has 1 unspecified atom stereocenters. The van der Waals surface area contributed by atoms with Crippen molar-refractivity contribution in [1.82, 2.24) is 15.0 Å². The fraction of sp³-hybridized carbons (Fsp3) is 0.385. The first-order chi connectivity index (χ1) is 8.58. The number of hydrogen-bond acceptors (Lipinski definition) is 4. The summed E-state index contributed by atoms with van der Waals surface area (Å²) in [5.74, 6) is 0.959. The first-order valence-electron chi connectivity index (χ1n) is 5.82. The highest BCUT2D eigenvalue weighted by atomic mass is 19.1. The maximum atomic E-state index is 13.5. The summed E-state index contributed by atoms with van der Waals surface area (Å²) in [6.45, 7) is 4.22. The molecule has 0 radical (unpaired) electrons. The van der Waals surface area contributed by atoms with Gasteiger partial charge < -0.3 is 4.52 Å². The van der Waals surface area contributed by atoms with Gasteiger partial charge in [0.25, 0.3) is 0 Å². The van der Waals surface area contributed by atoms with E-state index in [0.29, 0.717) is 23.8 Å². The predicted molar refractivity (Wildman–Crippen MR) is 65.3 cm³/mol. The Hall–Kier alpha value is -1.75. The van der Waals surface area contributed by atoms with Crippen molar-refractivity contribution in [3.8, 4) is 0 Å². The van der Waals surface area contributed by atoms with Gasteiger partial charge in [0.05, 0.1) is 6.04 Å². The topological polar surface area (TPSA) is 42.2 Å². The fourth-order valence-corrected chi connectivity index (χ4v) is 1.70. The summed E-state index contributed by atoms with van der Waals surface area (Å²) >= 11 is 0. The van der Waals surface area contributed by atoms with Gasteiger partial charge in [0.2, 0.25) is 5.89 Å². The van der Waals surface area contributed by atoms with Gasteiger partial charge in [-0.15, -0.1) is 0 Å². The van der Waals surface area contributed by atoms with Crippen LogP contribution in [0.25, 0.3) is 0 Å². The van der Waals surface area contributed by atoms with Crippen molar-refractivity contribution < 1.29 is 8.91 Å². The van der Waals surface area contributed by atoms with Crippen molar-refractivity contribution in [3.05, 3.63) is 47.4 Å². The summed E-state index contributed by atoms with van der Waals surface area (Å²) in [5.41, 5.74) is 0.656. The van der Waals surface area contributed by atoms with Crippen molar-refractivity contribution in [1.29, 1.82) is 0 Å². The summed E-state index contributed by atoms with van der Waals surface area (Å²) in [4.78, 5) is 6.15. The lowest BCUT2D eigenvalue weighted by molar-refractivity contribution is 0.200. The Bertz CT molecular complexity index is 526. The average Bonchev–Trinajstić information content (AvgIpc) is 2.78. The first kappa shape index (κ1) is 12.7. The van der Waals surface area contributed by atoms with Crippen LogP contribution < -0.4 is 0 Å². The van der Waals surface area contributed by atoms with Gasteiger partial charge in [-0.2, -0.15) is 4.98 Å². The van der Waals surface area contributed by atoms with Gasteiger partial charge in [-0.25, -0.2) is 4.39 Å². The molecule has 18 heavy (non-hydrogen) atoms. The molecule has 1 aromatic heterocycles. The van der Waals surface area contributed by atoms with Gasteiger partial charge >= 0.3 is 0 Å². The molecule has 0 aliphatic rings. The molecule has 0 aliphatic heterocycles. The molecule has 1 atom stereocenters. The average molecular weight is 249 g/mol. The zero-order chi connectivity index (χ0) is 13.1. The summed E-state index contributed by atoms with van der Waals surface area (Å²) in [7, 11) is 1.90. The normalized spacial score (nSPS) is 12.9. The van der Waals surface area contributed by atoms with Gasteiger partial charge in [0.1, 0.15) is 5.82 Å². The van der Waals surface area contributed by atoms with Crippen molar-refractivity contribution in [2.75, 3.05) is 7.05 Å². The van der Waals surface area contributed by atoms with Gasteiger partial charge in [-0.1, -0.05) is 23.4 Å². The van der Waals surface area contributed by atoms with Crippen molar-refractivity contribution in [2.24, 2.45) is 0 Å². The Kier molecular flexibility index (Phi) is 3.72. The lowest BCUT2D eigenvalue weighted by Crippen LogP contribution is -2.22. The van der Waals surface area contributed by atoms with Gasteiger partial charge in [-0.3, -0.25) is 4.90 Å². The number of aromatic nitrogens is 2. The summed E-state index contributed by atoms with van der Waals surface area (Å²) in [6.07, 6.45) is 0. The van der Waals surface area contributed by atoms with E-state index in [0.717, 1.165) is 0 Å². The highest BCUT2D eigenvalue weighted by Crippen LogP contribution is 2.19. The van der Waals surface area contributed by atoms with E-state index in [-0.39, 0.29) is 11.9 Å². The Labute approximate surface area is 105 Å². The Morgan fingerprint density at radius 2 is 2.11 bits per heavy atom.